The summed E-state index contributed by atoms with van der Waals surface area (Å²) in [7, 11) is -3.54. The first-order valence-corrected chi connectivity index (χ1v) is 13.2. The van der Waals surface area contributed by atoms with E-state index in [1.54, 1.807) is 36.1 Å². The SMILES string of the molecule is CCCNC(=O)C(C)N(Cc1ccccc1)C(=O)CCCN(c1ccc(Cl)cc1)S(C)(=O)=O. The smallest absolute Gasteiger partial charge is 0.242 e. The van der Waals surface area contributed by atoms with E-state index in [2.05, 4.69) is 5.32 Å². The molecule has 180 valence electrons. The van der Waals surface area contributed by atoms with Crippen molar-refractivity contribution >= 4 is 39.1 Å². The summed E-state index contributed by atoms with van der Waals surface area (Å²) in [6, 6.07) is 15.3. The number of hydrogen-bond donors (Lipinski definition) is 1. The first-order chi connectivity index (χ1) is 15.6. The maximum absolute atomic E-state index is 13.1. The second-order valence-corrected chi connectivity index (χ2v) is 10.2. The summed E-state index contributed by atoms with van der Waals surface area (Å²) >= 11 is 5.91. The summed E-state index contributed by atoms with van der Waals surface area (Å²) in [5, 5.41) is 3.35. The van der Waals surface area contributed by atoms with Crippen molar-refractivity contribution in [3.8, 4) is 0 Å². The average molecular weight is 494 g/mol. The number of nitrogens with zero attached hydrogens (tertiary/aromatic N) is 2. The quantitative estimate of drug-likeness (QED) is 0.486. The third-order valence-electron chi connectivity index (χ3n) is 5.18. The summed E-state index contributed by atoms with van der Waals surface area (Å²) < 4.78 is 25.9. The predicted molar refractivity (Wildman–Crippen MR) is 133 cm³/mol. The number of nitrogens with one attached hydrogen (secondary N) is 1. The number of carbonyl (C=O) groups is 2. The third kappa shape index (κ3) is 8.37. The van der Waals surface area contributed by atoms with E-state index in [9.17, 15) is 18.0 Å². The highest BCUT2D eigenvalue weighted by atomic mass is 35.5. The van der Waals surface area contributed by atoms with E-state index < -0.39 is 16.1 Å². The normalized spacial score (nSPS) is 12.1. The molecule has 2 aromatic carbocycles. The molecule has 0 aromatic heterocycles. The van der Waals surface area contributed by atoms with Crippen LogP contribution in [0.4, 0.5) is 5.69 Å². The zero-order valence-electron chi connectivity index (χ0n) is 19.3. The van der Waals surface area contributed by atoms with Gasteiger partial charge in [0.15, 0.2) is 0 Å². The monoisotopic (exact) mass is 493 g/mol. The summed E-state index contributed by atoms with van der Waals surface area (Å²) in [6.45, 7) is 4.66. The summed E-state index contributed by atoms with van der Waals surface area (Å²) in [5.41, 5.74) is 1.41. The molecule has 0 bridgehead atoms. The lowest BCUT2D eigenvalue weighted by atomic mass is 10.1. The van der Waals surface area contributed by atoms with Gasteiger partial charge in [-0.15, -0.1) is 0 Å². The summed E-state index contributed by atoms with van der Waals surface area (Å²) in [6.07, 6.45) is 2.35. The van der Waals surface area contributed by atoms with E-state index in [4.69, 9.17) is 11.6 Å². The molecule has 0 heterocycles. The molecule has 2 amide bonds. The number of halogens is 1. The first-order valence-electron chi connectivity index (χ1n) is 11.0. The van der Waals surface area contributed by atoms with E-state index in [0.717, 1.165) is 18.2 Å². The molecule has 0 aliphatic heterocycles. The highest BCUT2D eigenvalue weighted by Gasteiger charge is 2.26. The second-order valence-electron chi connectivity index (χ2n) is 7.89. The fraction of sp³-hybridized carbons (Fsp3) is 0.417. The lowest BCUT2D eigenvalue weighted by Crippen LogP contribution is -2.47. The van der Waals surface area contributed by atoms with Crippen LogP contribution >= 0.6 is 11.6 Å². The molecular formula is C24H32ClN3O4S. The summed E-state index contributed by atoms with van der Waals surface area (Å²) in [5.74, 6) is -0.414. The molecule has 7 nitrogen and oxygen atoms in total. The van der Waals surface area contributed by atoms with Gasteiger partial charge in [-0.2, -0.15) is 0 Å². The number of benzene rings is 2. The Morgan fingerprint density at radius 1 is 1.06 bits per heavy atom. The Morgan fingerprint density at radius 2 is 1.70 bits per heavy atom. The highest BCUT2D eigenvalue weighted by Crippen LogP contribution is 2.21. The van der Waals surface area contributed by atoms with Gasteiger partial charge < -0.3 is 10.2 Å². The second kappa shape index (κ2) is 12.6. The molecule has 0 fully saturated rings. The van der Waals surface area contributed by atoms with Gasteiger partial charge in [0, 0.05) is 31.1 Å². The lowest BCUT2D eigenvalue weighted by Gasteiger charge is -2.29. The summed E-state index contributed by atoms with van der Waals surface area (Å²) in [4.78, 5) is 27.2. The van der Waals surface area contributed by atoms with Crippen molar-refractivity contribution in [1.29, 1.82) is 0 Å². The zero-order valence-corrected chi connectivity index (χ0v) is 20.9. The molecule has 1 atom stereocenters. The van der Waals surface area contributed by atoms with Gasteiger partial charge in [0.05, 0.1) is 11.9 Å². The van der Waals surface area contributed by atoms with Crippen molar-refractivity contribution in [3.63, 3.8) is 0 Å². The number of amides is 2. The average Bonchev–Trinajstić information content (AvgIpc) is 2.78. The van der Waals surface area contributed by atoms with Gasteiger partial charge in [0.2, 0.25) is 21.8 Å². The van der Waals surface area contributed by atoms with Crippen molar-refractivity contribution in [2.75, 3.05) is 23.7 Å². The molecule has 0 aliphatic rings. The minimum absolute atomic E-state index is 0.109. The fourth-order valence-electron chi connectivity index (χ4n) is 3.37. The van der Waals surface area contributed by atoms with Crippen molar-refractivity contribution in [3.05, 3.63) is 65.2 Å². The predicted octanol–water partition coefficient (Wildman–Crippen LogP) is 3.83. The van der Waals surface area contributed by atoms with Gasteiger partial charge in [-0.25, -0.2) is 8.42 Å². The molecule has 0 radical (unpaired) electrons. The Morgan fingerprint density at radius 3 is 2.27 bits per heavy atom. The van der Waals surface area contributed by atoms with Crippen molar-refractivity contribution in [2.24, 2.45) is 0 Å². The molecule has 0 saturated heterocycles. The van der Waals surface area contributed by atoms with E-state index in [1.165, 1.54) is 4.31 Å². The Hall–Kier alpha value is -2.58. The minimum Gasteiger partial charge on any atom is -0.354 e. The van der Waals surface area contributed by atoms with Gasteiger partial charge in [-0.3, -0.25) is 13.9 Å². The zero-order chi connectivity index (χ0) is 24.4. The van der Waals surface area contributed by atoms with Crippen LogP contribution in [-0.2, 0) is 26.2 Å². The molecule has 0 aliphatic carbocycles. The highest BCUT2D eigenvalue weighted by molar-refractivity contribution is 7.92. The Bertz CT molecular complexity index is 1010. The third-order valence-corrected chi connectivity index (χ3v) is 6.63. The van der Waals surface area contributed by atoms with Crippen LogP contribution in [0.3, 0.4) is 0 Å². The van der Waals surface area contributed by atoms with Crippen LogP contribution in [-0.4, -0.2) is 50.5 Å². The lowest BCUT2D eigenvalue weighted by molar-refractivity contribution is -0.140. The van der Waals surface area contributed by atoms with Crippen LogP contribution in [0, 0.1) is 0 Å². The van der Waals surface area contributed by atoms with Crippen LogP contribution in [0.5, 0.6) is 0 Å². The number of hydrogen-bond acceptors (Lipinski definition) is 4. The molecule has 0 spiro atoms. The van der Waals surface area contributed by atoms with Crippen molar-refractivity contribution in [1.82, 2.24) is 10.2 Å². The molecule has 33 heavy (non-hydrogen) atoms. The minimum atomic E-state index is -3.54. The molecule has 2 rings (SSSR count). The van der Waals surface area contributed by atoms with Gasteiger partial charge in [0.1, 0.15) is 6.04 Å². The number of anilines is 1. The topological polar surface area (TPSA) is 86.8 Å². The van der Waals surface area contributed by atoms with Crippen LogP contribution in [0.25, 0.3) is 0 Å². The standard InChI is InChI=1S/C24H32ClN3O4S/c1-4-16-26-24(30)19(2)27(18-20-9-6-5-7-10-20)23(29)11-8-17-28(33(3,31)32)22-14-12-21(25)13-15-22/h5-7,9-10,12-15,19H,4,8,11,16-18H2,1-3H3,(H,26,30). The number of sulfonamides is 1. The molecule has 0 saturated carbocycles. The van der Waals surface area contributed by atoms with Gasteiger partial charge in [0.25, 0.3) is 0 Å². The fourth-order valence-corrected chi connectivity index (χ4v) is 4.46. The number of carbonyl (C=O) groups excluding carboxylic acids is 2. The molecule has 9 heteroatoms. The van der Waals surface area contributed by atoms with Gasteiger partial charge in [-0.05, 0) is 49.6 Å². The van der Waals surface area contributed by atoms with Crippen LogP contribution in [0.1, 0.15) is 38.7 Å². The van der Waals surface area contributed by atoms with Crippen molar-refractivity contribution in [2.45, 2.75) is 45.7 Å². The molecular weight excluding hydrogens is 462 g/mol. The van der Waals surface area contributed by atoms with E-state index in [0.29, 0.717) is 30.2 Å². The molecule has 1 N–H and O–H groups in total. The maximum Gasteiger partial charge on any atom is 0.242 e. The van der Waals surface area contributed by atoms with Gasteiger partial charge in [-0.1, -0.05) is 48.9 Å². The first kappa shape index (κ1) is 26.7. The number of rotatable bonds is 12. The molecule has 1 unspecified atom stereocenters. The van der Waals surface area contributed by atoms with Crippen LogP contribution in [0.15, 0.2) is 54.6 Å². The van der Waals surface area contributed by atoms with E-state index in [-0.39, 0.29) is 24.8 Å². The van der Waals surface area contributed by atoms with E-state index >= 15 is 0 Å². The largest absolute Gasteiger partial charge is 0.354 e. The van der Waals surface area contributed by atoms with Crippen molar-refractivity contribution < 1.29 is 18.0 Å². The molecule has 2 aromatic rings. The van der Waals surface area contributed by atoms with E-state index in [1.807, 2.05) is 37.3 Å². The Labute approximate surface area is 201 Å². The maximum atomic E-state index is 13.1. The van der Waals surface area contributed by atoms with Crippen LogP contribution < -0.4 is 9.62 Å². The Kier molecular flexibility index (Phi) is 10.2. The van der Waals surface area contributed by atoms with Crippen LogP contribution in [0.2, 0.25) is 5.02 Å². The Balaban J connectivity index is 2.11. The van der Waals surface area contributed by atoms with Gasteiger partial charge >= 0.3 is 0 Å².